The summed E-state index contributed by atoms with van der Waals surface area (Å²) in [5.74, 6) is -0.575. The minimum absolute atomic E-state index is 0.0763. The van der Waals surface area contributed by atoms with Gasteiger partial charge in [0.1, 0.15) is 0 Å². The van der Waals surface area contributed by atoms with E-state index < -0.39 is 21.0 Å². The lowest BCUT2D eigenvalue weighted by Crippen LogP contribution is -2.12. The largest absolute Gasteiger partial charge is 0.228 e. The second-order valence-electron chi connectivity index (χ2n) is 4.15. The maximum atomic E-state index is 11.8. The van der Waals surface area contributed by atoms with E-state index in [2.05, 4.69) is 6.07 Å². The van der Waals surface area contributed by atoms with E-state index in [0.717, 1.165) is 5.56 Å². The van der Waals surface area contributed by atoms with Crippen molar-refractivity contribution in [2.45, 2.75) is 18.1 Å². The lowest BCUT2D eigenvalue weighted by molar-refractivity contribution is 0.594. The Kier molecular flexibility index (Phi) is 3.15. The molecule has 1 saturated carbocycles. The highest BCUT2D eigenvalue weighted by atomic mass is 35.5. The van der Waals surface area contributed by atoms with Gasteiger partial charge in [0.25, 0.3) is 0 Å². The topological polar surface area (TPSA) is 57.9 Å². The number of nitrogens with zero attached hydrogens (tertiary/aromatic N) is 1. The number of rotatable bonds is 3. The number of hydrogen-bond acceptors (Lipinski definition) is 3. The molecule has 1 aromatic rings. The molecule has 17 heavy (non-hydrogen) atoms. The molecule has 1 aliphatic rings. The zero-order valence-electron chi connectivity index (χ0n) is 9.30. The number of halogens is 1. The van der Waals surface area contributed by atoms with E-state index in [9.17, 15) is 8.42 Å². The smallest absolute Gasteiger partial charge is 0.154 e. The summed E-state index contributed by atoms with van der Waals surface area (Å²) in [6.07, 6.45) is 0. The van der Waals surface area contributed by atoms with E-state index in [1.54, 1.807) is 25.1 Å². The van der Waals surface area contributed by atoms with Gasteiger partial charge in [-0.2, -0.15) is 5.26 Å². The standard InChI is InChI=1S/C12H12ClNO2S/c1-2-17(15,16)12-10(7-14)11(12)8-4-3-5-9(13)6-8/h3-6,10-12H,2H2,1H3/t10-,11+,12-/m1/s1. The SMILES string of the molecule is CCS(=O)(=O)[C@@H]1[C@H](C#N)[C@@H]1c1cccc(Cl)c1. The molecular formula is C12H12ClNO2S. The van der Waals surface area contributed by atoms with Crippen LogP contribution in [-0.4, -0.2) is 19.4 Å². The number of nitriles is 1. The summed E-state index contributed by atoms with van der Waals surface area (Å²) in [6.45, 7) is 1.61. The van der Waals surface area contributed by atoms with E-state index in [4.69, 9.17) is 16.9 Å². The molecule has 0 heterocycles. The van der Waals surface area contributed by atoms with Crippen molar-refractivity contribution in [2.24, 2.45) is 5.92 Å². The first-order valence-corrected chi connectivity index (χ1v) is 7.47. The van der Waals surface area contributed by atoms with Gasteiger partial charge in [0.05, 0.1) is 17.2 Å². The van der Waals surface area contributed by atoms with Crippen molar-refractivity contribution in [1.82, 2.24) is 0 Å². The number of sulfone groups is 1. The van der Waals surface area contributed by atoms with Crippen LogP contribution in [0, 0.1) is 17.2 Å². The van der Waals surface area contributed by atoms with Crippen LogP contribution in [0.3, 0.4) is 0 Å². The van der Waals surface area contributed by atoms with Gasteiger partial charge in [-0.15, -0.1) is 0 Å². The summed E-state index contributed by atoms with van der Waals surface area (Å²) < 4.78 is 23.6. The third kappa shape index (κ3) is 2.18. The van der Waals surface area contributed by atoms with Crippen molar-refractivity contribution in [3.05, 3.63) is 34.9 Å². The molecule has 1 aromatic carbocycles. The van der Waals surface area contributed by atoms with Crippen molar-refractivity contribution < 1.29 is 8.42 Å². The van der Waals surface area contributed by atoms with E-state index in [1.165, 1.54) is 0 Å². The third-order valence-electron chi connectivity index (χ3n) is 3.15. The van der Waals surface area contributed by atoms with E-state index in [0.29, 0.717) is 5.02 Å². The first-order valence-electron chi connectivity index (χ1n) is 5.38. The average molecular weight is 270 g/mol. The van der Waals surface area contributed by atoms with Crippen LogP contribution in [-0.2, 0) is 9.84 Å². The molecule has 0 radical (unpaired) electrons. The van der Waals surface area contributed by atoms with Crippen LogP contribution >= 0.6 is 11.6 Å². The molecule has 3 nitrogen and oxygen atoms in total. The van der Waals surface area contributed by atoms with Crippen LogP contribution in [0.25, 0.3) is 0 Å². The Morgan fingerprint density at radius 3 is 2.71 bits per heavy atom. The first kappa shape index (κ1) is 12.4. The molecular weight excluding hydrogens is 258 g/mol. The molecule has 3 atom stereocenters. The Labute approximate surface area is 106 Å². The van der Waals surface area contributed by atoms with Crippen LogP contribution in [0.1, 0.15) is 18.4 Å². The molecule has 1 aliphatic carbocycles. The fraction of sp³-hybridized carbons (Fsp3) is 0.417. The van der Waals surface area contributed by atoms with Gasteiger partial charge in [0.2, 0.25) is 0 Å². The zero-order chi connectivity index (χ0) is 12.6. The maximum Gasteiger partial charge on any atom is 0.154 e. The van der Waals surface area contributed by atoms with Gasteiger partial charge in [-0.1, -0.05) is 30.7 Å². The highest BCUT2D eigenvalue weighted by Crippen LogP contribution is 2.52. The van der Waals surface area contributed by atoms with Crippen LogP contribution in [0.15, 0.2) is 24.3 Å². The highest BCUT2D eigenvalue weighted by molar-refractivity contribution is 7.92. The summed E-state index contributed by atoms with van der Waals surface area (Å²) >= 11 is 5.87. The summed E-state index contributed by atoms with van der Waals surface area (Å²) in [6, 6.07) is 9.15. The van der Waals surface area contributed by atoms with Crippen LogP contribution < -0.4 is 0 Å². The van der Waals surface area contributed by atoms with Gasteiger partial charge < -0.3 is 0 Å². The van der Waals surface area contributed by atoms with Gasteiger partial charge >= 0.3 is 0 Å². The molecule has 0 bridgehead atoms. The molecule has 0 spiro atoms. The molecule has 0 saturated heterocycles. The quantitative estimate of drug-likeness (QED) is 0.846. The Bertz CT molecular complexity index is 576. The average Bonchev–Trinajstić information content (AvgIpc) is 3.04. The fourth-order valence-electron chi connectivity index (χ4n) is 2.19. The molecule has 0 aromatic heterocycles. The van der Waals surface area contributed by atoms with Crippen molar-refractivity contribution in [1.29, 1.82) is 5.26 Å². The summed E-state index contributed by atoms with van der Waals surface area (Å²) in [7, 11) is -3.16. The van der Waals surface area contributed by atoms with Gasteiger partial charge in [-0.25, -0.2) is 8.42 Å². The normalized spacial score (nSPS) is 27.5. The lowest BCUT2D eigenvalue weighted by Gasteiger charge is -2.00. The monoisotopic (exact) mass is 269 g/mol. The van der Waals surface area contributed by atoms with Crippen LogP contribution in [0.5, 0.6) is 0 Å². The number of benzene rings is 1. The lowest BCUT2D eigenvalue weighted by atomic mass is 10.1. The fourth-order valence-corrected chi connectivity index (χ4v) is 4.13. The second-order valence-corrected chi connectivity index (χ2v) is 7.04. The molecule has 1 fully saturated rings. The minimum Gasteiger partial charge on any atom is -0.228 e. The van der Waals surface area contributed by atoms with Crippen LogP contribution in [0.2, 0.25) is 5.02 Å². The molecule has 0 N–H and O–H groups in total. The Morgan fingerprint density at radius 1 is 1.47 bits per heavy atom. The molecule has 0 amide bonds. The first-order chi connectivity index (χ1) is 8.01. The van der Waals surface area contributed by atoms with Crippen molar-refractivity contribution >= 4 is 21.4 Å². The van der Waals surface area contributed by atoms with Gasteiger partial charge in [0.15, 0.2) is 9.84 Å². The van der Waals surface area contributed by atoms with E-state index in [1.807, 2.05) is 6.07 Å². The molecule has 90 valence electrons. The van der Waals surface area contributed by atoms with E-state index in [-0.39, 0.29) is 11.7 Å². The summed E-state index contributed by atoms with van der Waals surface area (Å²) in [4.78, 5) is 0. The van der Waals surface area contributed by atoms with Crippen LogP contribution in [0.4, 0.5) is 0 Å². The predicted molar refractivity (Wildman–Crippen MR) is 66.5 cm³/mol. The second kappa shape index (κ2) is 4.32. The van der Waals surface area contributed by atoms with Crippen molar-refractivity contribution in [3.8, 4) is 6.07 Å². The molecule has 5 heteroatoms. The Morgan fingerprint density at radius 2 is 2.18 bits per heavy atom. The predicted octanol–water partition coefficient (Wildman–Crippen LogP) is 2.38. The molecule has 2 rings (SSSR count). The third-order valence-corrected chi connectivity index (χ3v) is 5.61. The minimum atomic E-state index is -3.16. The maximum absolute atomic E-state index is 11.8. The molecule has 0 unspecified atom stereocenters. The van der Waals surface area contributed by atoms with Gasteiger partial charge in [-0.3, -0.25) is 0 Å². The van der Waals surface area contributed by atoms with E-state index >= 15 is 0 Å². The summed E-state index contributed by atoms with van der Waals surface area (Å²) in [5, 5.41) is 9.00. The molecule has 0 aliphatic heterocycles. The zero-order valence-corrected chi connectivity index (χ0v) is 10.9. The van der Waals surface area contributed by atoms with Crippen molar-refractivity contribution in [3.63, 3.8) is 0 Å². The van der Waals surface area contributed by atoms with Gasteiger partial charge in [0, 0.05) is 16.7 Å². The highest BCUT2D eigenvalue weighted by Gasteiger charge is 2.58. The van der Waals surface area contributed by atoms with Crippen molar-refractivity contribution in [2.75, 3.05) is 5.75 Å². The Balaban J connectivity index is 2.34. The summed E-state index contributed by atoms with van der Waals surface area (Å²) in [5.41, 5.74) is 0.839. The Hall–Kier alpha value is -1.05. The number of hydrogen-bond donors (Lipinski definition) is 0. The van der Waals surface area contributed by atoms with Gasteiger partial charge in [-0.05, 0) is 17.7 Å².